The van der Waals surface area contributed by atoms with Crippen LogP contribution >= 0.6 is 22.9 Å². The molecule has 1 fully saturated rings. The number of thiophene rings is 1. The second-order valence-electron chi connectivity index (χ2n) is 8.13. The maximum Gasteiger partial charge on any atom is 0.163 e. The Hall–Kier alpha value is -1.65. The van der Waals surface area contributed by atoms with Gasteiger partial charge in [-0.2, -0.15) is 0 Å². The smallest absolute Gasteiger partial charge is 0.163 e. The summed E-state index contributed by atoms with van der Waals surface area (Å²) in [6.07, 6.45) is 12.9. The molecule has 5 rings (SSSR count). The van der Waals surface area contributed by atoms with Crippen molar-refractivity contribution in [3.63, 3.8) is 0 Å². The van der Waals surface area contributed by atoms with Crippen LogP contribution in [0.2, 0.25) is 5.02 Å². The summed E-state index contributed by atoms with van der Waals surface area (Å²) in [5.41, 5.74) is 2.52. The number of halogens is 1. The van der Waals surface area contributed by atoms with Gasteiger partial charge in [-0.3, -0.25) is 0 Å². The van der Waals surface area contributed by atoms with Gasteiger partial charge >= 0.3 is 0 Å². The molecular formula is C23H26ClN3S. The third-order valence-electron chi connectivity index (χ3n) is 6.11. The van der Waals surface area contributed by atoms with Crippen molar-refractivity contribution >= 4 is 39.0 Å². The second kappa shape index (κ2) is 8.00. The van der Waals surface area contributed by atoms with E-state index in [9.17, 15) is 0 Å². The van der Waals surface area contributed by atoms with Gasteiger partial charge in [0.25, 0.3) is 0 Å². The van der Waals surface area contributed by atoms with Gasteiger partial charge in [0.2, 0.25) is 0 Å². The van der Waals surface area contributed by atoms with E-state index in [1.165, 1.54) is 80.0 Å². The first-order chi connectivity index (χ1) is 13.8. The van der Waals surface area contributed by atoms with Crippen LogP contribution in [-0.4, -0.2) is 16.0 Å². The SMILES string of the molecule is Clc1ccc(-c2nc(NC3CCCCCCC3)c3c4c(sc3n2)CCC4)cc1. The molecule has 0 bridgehead atoms. The maximum absolute atomic E-state index is 6.08. The lowest BCUT2D eigenvalue weighted by molar-refractivity contribution is 0.471. The van der Waals surface area contributed by atoms with Crippen molar-refractivity contribution in [1.82, 2.24) is 9.97 Å². The molecule has 1 aromatic carbocycles. The molecule has 3 nitrogen and oxygen atoms in total. The van der Waals surface area contributed by atoms with Crippen molar-refractivity contribution < 1.29 is 0 Å². The number of aromatic nitrogens is 2. The summed E-state index contributed by atoms with van der Waals surface area (Å²) in [7, 11) is 0. The van der Waals surface area contributed by atoms with E-state index in [1.54, 1.807) is 0 Å². The standard InChI is InChI=1S/C23H26ClN3S/c24-16-13-11-15(12-14-16)21-26-22(25-17-7-4-2-1-3-5-8-17)20-18-9-6-10-19(18)28-23(20)27-21/h11-14,17H,1-10H2,(H,25,26,27). The van der Waals surface area contributed by atoms with Gasteiger partial charge in [0, 0.05) is 21.5 Å². The van der Waals surface area contributed by atoms with E-state index in [-0.39, 0.29) is 0 Å². The fraction of sp³-hybridized carbons (Fsp3) is 0.478. The number of rotatable bonds is 3. The Balaban J connectivity index is 1.57. The Morgan fingerprint density at radius 3 is 2.43 bits per heavy atom. The molecular weight excluding hydrogens is 386 g/mol. The highest BCUT2D eigenvalue weighted by Gasteiger charge is 2.24. The lowest BCUT2D eigenvalue weighted by atomic mass is 9.96. The minimum atomic E-state index is 0.522. The van der Waals surface area contributed by atoms with Crippen LogP contribution < -0.4 is 5.32 Å². The first-order valence-electron chi connectivity index (χ1n) is 10.6. The van der Waals surface area contributed by atoms with Gasteiger partial charge in [0.1, 0.15) is 10.6 Å². The molecule has 2 aliphatic rings. The molecule has 0 saturated heterocycles. The van der Waals surface area contributed by atoms with E-state index in [4.69, 9.17) is 21.6 Å². The molecule has 2 heterocycles. The third kappa shape index (κ3) is 3.65. The molecule has 0 aliphatic heterocycles. The number of hydrogen-bond donors (Lipinski definition) is 1. The van der Waals surface area contributed by atoms with Crippen molar-refractivity contribution in [2.75, 3.05) is 5.32 Å². The molecule has 1 N–H and O–H groups in total. The van der Waals surface area contributed by atoms with Crippen LogP contribution in [-0.2, 0) is 12.8 Å². The predicted molar refractivity (Wildman–Crippen MR) is 120 cm³/mol. The van der Waals surface area contributed by atoms with Gasteiger partial charge in [-0.15, -0.1) is 11.3 Å². The van der Waals surface area contributed by atoms with E-state index >= 15 is 0 Å². The summed E-state index contributed by atoms with van der Waals surface area (Å²) in [5.74, 6) is 1.86. The minimum Gasteiger partial charge on any atom is -0.367 e. The molecule has 0 amide bonds. The van der Waals surface area contributed by atoms with Gasteiger partial charge in [-0.05, 0) is 61.9 Å². The molecule has 5 heteroatoms. The highest BCUT2D eigenvalue weighted by atomic mass is 35.5. The average Bonchev–Trinajstić information content (AvgIpc) is 3.25. The third-order valence-corrected chi connectivity index (χ3v) is 7.55. The Morgan fingerprint density at radius 1 is 0.893 bits per heavy atom. The lowest BCUT2D eigenvalue weighted by Crippen LogP contribution is -2.21. The zero-order valence-corrected chi connectivity index (χ0v) is 17.7. The molecule has 0 atom stereocenters. The van der Waals surface area contributed by atoms with E-state index in [1.807, 2.05) is 35.6 Å². The number of anilines is 1. The highest BCUT2D eigenvalue weighted by molar-refractivity contribution is 7.19. The van der Waals surface area contributed by atoms with Gasteiger partial charge in [-0.1, -0.05) is 43.7 Å². The fourth-order valence-corrected chi connectivity index (χ4v) is 6.01. The van der Waals surface area contributed by atoms with Crippen LogP contribution in [0, 0.1) is 0 Å². The monoisotopic (exact) mass is 411 g/mol. The summed E-state index contributed by atoms with van der Waals surface area (Å²) < 4.78 is 0. The summed E-state index contributed by atoms with van der Waals surface area (Å²) in [4.78, 5) is 12.6. The summed E-state index contributed by atoms with van der Waals surface area (Å²) in [6.45, 7) is 0. The predicted octanol–water partition coefficient (Wildman–Crippen LogP) is 7.03. The normalized spacial score (nSPS) is 18.0. The van der Waals surface area contributed by atoms with Crippen molar-refractivity contribution in [2.45, 2.75) is 70.3 Å². The first-order valence-corrected chi connectivity index (χ1v) is 11.8. The number of nitrogens with zero attached hydrogens (tertiary/aromatic N) is 2. The Bertz CT molecular complexity index is 972. The summed E-state index contributed by atoms with van der Waals surface area (Å²) in [6, 6.07) is 8.39. The maximum atomic E-state index is 6.08. The molecule has 2 aromatic heterocycles. The van der Waals surface area contributed by atoms with Gasteiger partial charge in [-0.25, -0.2) is 9.97 Å². The van der Waals surface area contributed by atoms with Crippen molar-refractivity contribution in [3.8, 4) is 11.4 Å². The molecule has 28 heavy (non-hydrogen) atoms. The van der Waals surface area contributed by atoms with Crippen molar-refractivity contribution in [1.29, 1.82) is 0 Å². The average molecular weight is 412 g/mol. The van der Waals surface area contributed by atoms with E-state index in [0.717, 1.165) is 27.1 Å². The topological polar surface area (TPSA) is 37.8 Å². The zero-order valence-electron chi connectivity index (χ0n) is 16.1. The van der Waals surface area contributed by atoms with Crippen molar-refractivity contribution in [3.05, 3.63) is 39.7 Å². The number of benzene rings is 1. The Morgan fingerprint density at radius 2 is 1.64 bits per heavy atom. The van der Waals surface area contributed by atoms with Crippen LogP contribution in [0.3, 0.4) is 0 Å². The number of aryl methyl sites for hydroxylation is 2. The van der Waals surface area contributed by atoms with Crippen LogP contribution in [0.15, 0.2) is 24.3 Å². The quantitative estimate of drug-likeness (QED) is 0.502. The summed E-state index contributed by atoms with van der Waals surface area (Å²) >= 11 is 7.95. The highest BCUT2D eigenvalue weighted by Crippen LogP contribution is 2.41. The Kier molecular flexibility index (Phi) is 5.25. The lowest BCUT2D eigenvalue weighted by Gasteiger charge is -2.22. The Labute approximate surface area is 175 Å². The van der Waals surface area contributed by atoms with Crippen LogP contribution in [0.1, 0.15) is 61.8 Å². The zero-order chi connectivity index (χ0) is 18.9. The number of nitrogens with one attached hydrogen (secondary N) is 1. The fourth-order valence-electron chi connectivity index (χ4n) is 4.62. The summed E-state index contributed by atoms with van der Waals surface area (Å²) in [5, 5.41) is 5.89. The molecule has 2 aliphatic carbocycles. The van der Waals surface area contributed by atoms with E-state index in [0.29, 0.717) is 6.04 Å². The van der Waals surface area contributed by atoms with Crippen LogP contribution in [0.5, 0.6) is 0 Å². The largest absolute Gasteiger partial charge is 0.367 e. The minimum absolute atomic E-state index is 0.522. The second-order valence-corrected chi connectivity index (χ2v) is 9.65. The van der Waals surface area contributed by atoms with E-state index < -0.39 is 0 Å². The molecule has 3 aromatic rings. The molecule has 146 valence electrons. The molecule has 1 saturated carbocycles. The van der Waals surface area contributed by atoms with Crippen molar-refractivity contribution in [2.24, 2.45) is 0 Å². The molecule has 0 spiro atoms. The van der Waals surface area contributed by atoms with Gasteiger partial charge in [0.05, 0.1) is 5.39 Å². The van der Waals surface area contributed by atoms with Gasteiger partial charge in [0.15, 0.2) is 5.82 Å². The number of hydrogen-bond acceptors (Lipinski definition) is 4. The van der Waals surface area contributed by atoms with Crippen LogP contribution in [0.25, 0.3) is 21.6 Å². The number of fused-ring (bicyclic) bond motifs is 3. The first kappa shape index (κ1) is 18.4. The molecule has 0 unspecified atom stereocenters. The van der Waals surface area contributed by atoms with Gasteiger partial charge < -0.3 is 5.32 Å². The molecule has 0 radical (unpaired) electrons. The van der Waals surface area contributed by atoms with Crippen LogP contribution in [0.4, 0.5) is 5.82 Å². The van der Waals surface area contributed by atoms with E-state index in [2.05, 4.69) is 5.32 Å².